The molecule has 14 heavy (non-hydrogen) atoms. The summed E-state index contributed by atoms with van der Waals surface area (Å²) in [5, 5.41) is 0. The molecule has 0 aromatic carbocycles. The molecule has 1 aliphatic rings. The third-order valence-electron chi connectivity index (χ3n) is 2.99. The van der Waals surface area contributed by atoms with Gasteiger partial charge in [0.1, 0.15) is 0 Å². The maximum absolute atomic E-state index is 11.7. The van der Waals surface area contributed by atoms with Gasteiger partial charge in [0.05, 0.1) is 0 Å². The van der Waals surface area contributed by atoms with E-state index in [9.17, 15) is 4.79 Å². The van der Waals surface area contributed by atoms with Crippen LogP contribution in [-0.2, 0) is 0 Å². The van der Waals surface area contributed by atoms with Crippen molar-refractivity contribution in [2.75, 3.05) is 27.2 Å². The van der Waals surface area contributed by atoms with E-state index in [-0.39, 0.29) is 6.03 Å². The number of amides is 2. The molecule has 0 aromatic rings. The molecule has 82 valence electrons. The van der Waals surface area contributed by atoms with E-state index in [1.54, 1.807) is 4.90 Å². The lowest BCUT2D eigenvalue weighted by Gasteiger charge is -2.25. The Morgan fingerprint density at radius 1 is 1.21 bits per heavy atom. The number of rotatable bonds is 0. The molecule has 0 aromatic heterocycles. The van der Waals surface area contributed by atoms with Gasteiger partial charge >= 0.3 is 6.03 Å². The summed E-state index contributed by atoms with van der Waals surface area (Å²) < 4.78 is 0. The molecule has 0 atom stereocenters. The van der Waals surface area contributed by atoms with E-state index in [0.717, 1.165) is 25.9 Å². The Balaban J connectivity index is 2.54. The monoisotopic (exact) mass is 198 g/mol. The molecule has 1 rings (SSSR count). The molecule has 1 heterocycles. The predicted molar refractivity (Wildman–Crippen MR) is 58.3 cm³/mol. The Hall–Kier alpha value is -0.730. The van der Waals surface area contributed by atoms with E-state index in [1.807, 2.05) is 19.0 Å². The van der Waals surface area contributed by atoms with Crippen molar-refractivity contribution in [1.29, 1.82) is 0 Å². The van der Waals surface area contributed by atoms with Crippen molar-refractivity contribution < 1.29 is 4.79 Å². The lowest BCUT2D eigenvalue weighted by Crippen LogP contribution is -2.39. The summed E-state index contributed by atoms with van der Waals surface area (Å²) in [5.41, 5.74) is 0.404. The first-order valence-electron chi connectivity index (χ1n) is 5.39. The average Bonchev–Trinajstić information content (AvgIpc) is 2.25. The van der Waals surface area contributed by atoms with Gasteiger partial charge in [-0.25, -0.2) is 4.79 Å². The summed E-state index contributed by atoms with van der Waals surface area (Å²) in [7, 11) is 3.64. The topological polar surface area (TPSA) is 23.6 Å². The van der Waals surface area contributed by atoms with Crippen LogP contribution >= 0.6 is 0 Å². The summed E-state index contributed by atoms with van der Waals surface area (Å²) in [6, 6.07) is 0.155. The van der Waals surface area contributed by atoms with Gasteiger partial charge in [0.15, 0.2) is 0 Å². The van der Waals surface area contributed by atoms with Crippen LogP contribution in [0.4, 0.5) is 4.79 Å². The highest BCUT2D eigenvalue weighted by atomic mass is 16.2. The van der Waals surface area contributed by atoms with Crippen molar-refractivity contribution in [2.45, 2.75) is 33.1 Å². The summed E-state index contributed by atoms with van der Waals surface area (Å²) in [6.45, 7) is 6.40. The highest BCUT2D eigenvalue weighted by molar-refractivity contribution is 5.73. The second kappa shape index (κ2) is 4.20. The summed E-state index contributed by atoms with van der Waals surface area (Å²) in [5.74, 6) is 0. The standard InChI is InChI=1S/C11H22N2O/c1-11(2)6-5-8-13(9-7-11)10(14)12(3)4/h5-9H2,1-4H3. The zero-order valence-electron chi connectivity index (χ0n) is 9.84. The Labute approximate surface area is 87.1 Å². The smallest absolute Gasteiger partial charge is 0.319 e. The number of carbonyl (C=O) groups excluding carboxylic acids is 1. The number of urea groups is 1. The molecular formula is C11H22N2O. The molecule has 3 nitrogen and oxygen atoms in total. The maximum atomic E-state index is 11.7. The van der Waals surface area contributed by atoms with E-state index < -0.39 is 0 Å². The van der Waals surface area contributed by atoms with Crippen LogP contribution in [0, 0.1) is 5.41 Å². The molecule has 0 aliphatic carbocycles. The van der Waals surface area contributed by atoms with E-state index in [2.05, 4.69) is 13.8 Å². The minimum atomic E-state index is 0.155. The summed E-state index contributed by atoms with van der Waals surface area (Å²) >= 11 is 0. The lowest BCUT2D eigenvalue weighted by molar-refractivity contribution is 0.171. The maximum Gasteiger partial charge on any atom is 0.319 e. The van der Waals surface area contributed by atoms with Crippen LogP contribution in [0.3, 0.4) is 0 Å². The van der Waals surface area contributed by atoms with Crippen LogP contribution in [0.25, 0.3) is 0 Å². The summed E-state index contributed by atoms with van der Waals surface area (Å²) in [4.78, 5) is 15.3. The quantitative estimate of drug-likeness (QED) is 0.585. The zero-order valence-corrected chi connectivity index (χ0v) is 9.84. The molecule has 1 aliphatic heterocycles. The Kier molecular flexibility index (Phi) is 3.40. The second-order valence-electron chi connectivity index (χ2n) is 5.18. The Morgan fingerprint density at radius 3 is 2.43 bits per heavy atom. The van der Waals surface area contributed by atoms with Crippen molar-refractivity contribution >= 4 is 6.03 Å². The molecule has 0 radical (unpaired) electrons. The fraction of sp³-hybridized carbons (Fsp3) is 0.909. The number of nitrogens with zero attached hydrogens (tertiary/aromatic N) is 2. The molecule has 0 spiro atoms. The van der Waals surface area contributed by atoms with Crippen LogP contribution in [0.15, 0.2) is 0 Å². The molecule has 0 unspecified atom stereocenters. The van der Waals surface area contributed by atoms with Gasteiger partial charge in [-0.15, -0.1) is 0 Å². The minimum absolute atomic E-state index is 0.155. The molecule has 1 saturated heterocycles. The predicted octanol–water partition coefficient (Wildman–Crippen LogP) is 2.18. The largest absolute Gasteiger partial charge is 0.331 e. The van der Waals surface area contributed by atoms with Gasteiger partial charge in [0, 0.05) is 27.2 Å². The molecule has 3 heteroatoms. The van der Waals surface area contributed by atoms with Crippen LogP contribution in [0.5, 0.6) is 0 Å². The van der Waals surface area contributed by atoms with E-state index in [4.69, 9.17) is 0 Å². The van der Waals surface area contributed by atoms with E-state index in [1.165, 1.54) is 6.42 Å². The van der Waals surface area contributed by atoms with Gasteiger partial charge in [0.2, 0.25) is 0 Å². The second-order valence-corrected chi connectivity index (χ2v) is 5.18. The van der Waals surface area contributed by atoms with E-state index >= 15 is 0 Å². The number of hydrogen-bond acceptors (Lipinski definition) is 1. The molecule has 0 bridgehead atoms. The van der Waals surface area contributed by atoms with Crippen LogP contribution < -0.4 is 0 Å². The highest BCUT2D eigenvalue weighted by Gasteiger charge is 2.25. The van der Waals surface area contributed by atoms with Crippen molar-refractivity contribution in [2.24, 2.45) is 5.41 Å². The Bertz CT molecular complexity index is 211. The van der Waals surface area contributed by atoms with Gasteiger partial charge in [-0.2, -0.15) is 0 Å². The normalized spacial score (nSPS) is 21.6. The fourth-order valence-electron chi connectivity index (χ4n) is 1.90. The fourth-order valence-corrected chi connectivity index (χ4v) is 1.90. The summed E-state index contributed by atoms with van der Waals surface area (Å²) in [6.07, 6.45) is 3.48. The van der Waals surface area contributed by atoms with Crippen LogP contribution in [-0.4, -0.2) is 43.0 Å². The van der Waals surface area contributed by atoms with Gasteiger partial charge in [0.25, 0.3) is 0 Å². The van der Waals surface area contributed by atoms with Gasteiger partial charge in [-0.1, -0.05) is 13.8 Å². The highest BCUT2D eigenvalue weighted by Crippen LogP contribution is 2.29. The minimum Gasteiger partial charge on any atom is -0.331 e. The number of likely N-dealkylation sites (tertiary alicyclic amines) is 1. The SMILES string of the molecule is CN(C)C(=O)N1CCCC(C)(C)CC1. The van der Waals surface area contributed by atoms with Crippen molar-refractivity contribution in [3.63, 3.8) is 0 Å². The van der Waals surface area contributed by atoms with Crippen molar-refractivity contribution in [1.82, 2.24) is 9.80 Å². The first-order chi connectivity index (χ1) is 6.42. The first kappa shape index (κ1) is 11.3. The molecule has 1 fully saturated rings. The Morgan fingerprint density at radius 2 is 1.86 bits per heavy atom. The first-order valence-corrected chi connectivity index (χ1v) is 5.39. The number of carbonyl (C=O) groups is 1. The van der Waals surface area contributed by atoms with Gasteiger partial charge in [-0.05, 0) is 24.7 Å². The third kappa shape index (κ3) is 2.89. The van der Waals surface area contributed by atoms with Crippen molar-refractivity contribution in [3.05, 3.63) is 0 Å². The zero-order chi connectivity index (χ0) is 10.8. The number of hydrogen-bond donors (Lipinski definition) is 0. The lowest BCUT2D eigenvalue weighted by atomic mass is 9.85. The van der Waals surface area contributed by atoms with E-state index in [0.29, 0.717) is 5.41 Å². The molecule has 0 saturated carbocycles. The van der Waals surface area contributed by atoms with Crippen molar-refractivity contribution in [3.8, 4) is 0 Å². The van der Waals surface area contributed by atoms with Gasteiger partial charge < -0.3 is 9.80 Å². The third-order valence-corrected chi connectivity index (χ3v) is 2.99. The molecule has 2 amide bonds. The van der Waals surface area contributed by atoms with Crippen LogP contribution in [0.1, 0.15) is 33.1 Å². The average molecular weight is 198 g/mol. The molecule has 0 N–H and O–H groups in total. The van der Waals surface area contributed by atoms with Crippen LogP contribution in [0.2, 0.25) is 0 Å². The van der Waals surface area contributed by atoms with Gasteiger partial charge in [-0.3, -0.25) is 0 Å². The molecular weight excluding hydrogens is 176 g/mol.